The first kappa shape index (κ1) is 76.6. The highest BCUT2D eigenvalue weighted by Crippen LogP contribution is 2.41. The number of hydrogen-bond acceptors (Lipinski definition) is 7. The van der Waals surface area contributed by atoms with Crippen molar-refractivity contribution in [2.45, 2.75) is 156 Å². The number of hydrogen-bond donors (Lipinski definition) is 0. The summed E-state index contributed by atoms with van der Waals surface area (Å²) in [7, 11) is 0. The molecule has 12 heteroatoms. The fourth-order valence-corrected chi connectivity index (χ4v) is 16.5. The maximum Gasteiger partial charge on any atom is 0.328 e. The van der Waals surface area contributed by atoms with Gasteiger partial charge >= 0.3 is 13.7 Å². The molecule has 6 atom stereocenters. The minimum atomic E-state index is -0.617. The number of oxazole rings is 2. The predicted molar refractivity (Wildman–Crippen MR) is 447 cm³/mol. The van der Waals surface area contributed by atoms with Crippen LogP contribution in [0.2, 0.25) is 0 Å². The van der Waals surface area contributed by atoms with Gasteiger partial charge in [0.25, 0.3) is 5.70 Å². The monoisotopic (exact) mass is 1420 g/mol. The van der Waals surface area contributed by atoms with Crippen molar-refractivity contribution in [3.05, 3.63) is 252 Å². The van der Waals surface area contributed by atoms with Crippen LogP contribution in [-0.4, -0.2) is 45.8 Å². The number of para-hydroxylation sites is 4. The Bertz CT molecular complexity index is 4940. The molecule has 0 aliphatic heterocycles. The summed E-state index contributed by atoms with van der Waals surface area (Å²) in [5, 5.41) is 15.1. The Hall–Kier alpha value is -10.0. The molecule has 107 heavy (non-hydrogen) atoms. The van der Waals surface area contributed by atoms with Crippen LogP contribution in [0.15, 0.2) is 227 Å². The molecule has 0 spiro atoms. The lowest BCUT2D eigenvalue weighted by atomic mass is 9.50. The number of fused-ring (bicyclic) bond motifs is 3. The van der Waals surface area contributed by atoms with E-state index in [4.69, 9.17) is 33.1 Å². The zero-order chi connectivity index (χ0) is 76.0. The van der Waals surface area contributed by atoms with E-state index >= 15 is 0 Å². The van der Waals surface area contributed by atoms with Crippen molar-refractivity contribution in [3.8, 4) is 40.1 Å². The maximum absolute atomic E-state index is 12.7. The molecule has 0 radical (unpaired) electrons. The molecule has 4 heterocycles. The van der Waals surface area contributed by atoms with Crippen LogP contribution in [0.4, 0.5) is 0 Å². The molecular formula is C95H108B2N6O4. The SMILES string of the molecule is [C-]#[N+]/C(c1nc2ccccc2o1)=c1\c2c(-c3ccc(OCC(CCC(C)CC(C)(C)C)C(C)CC(C)(C)C)cc3)n(B(c3ccccc3)c3ccccc3)/c(=C(/C#N)c3nc4ccccc4o3)c2c(-c2ccc(OCC(CCC(C)C(C)(C)C)C(C)CC(C)(C)C)cc2)n1B(c1ccccc1)c1ccccc1. The van der Waals surface area contributed by atoms with Gasteiger partial charge in [0, 0.05) is 22.2 Å². The fraction of sp³-hybridized carbons (Fsp3) is 0.368. The van der Waals surface area contributed by atoms with E-state index in [-0.39, 0.29) is 44.7 Å². The molecule has 0 N–H and O–H groups in total. The van der Waals surface area contributed by atoms with Gasteiger partial charge in [-0.2, -0.15) is 5.26 Å². The lowest BCUT2D eigenvalue weighted by Crippen LogP contribution is -2.54. The van der Waals surface area contributed by atoms with Crippen LogP contribution in [0.5, 0.6) is 11.5 Å². The van der Waals surface area contributed by atoms with Gasteiger partial charge in [0.1, 0.15) is 34.2 Å². The first-order valence-electron chi connectivity index (χ1n) is 38.9. The number of ether oxygens (including phenoxy) is 2. The first-order chi connectivity index (χ1) is 51.1. The summed E-state index contributed by atoms with van der Waals surface area (Å²) in [4.78, 5) is 15.2. The lowest BCUT2D eigenvalue weighted by molar-refractivity contribution is 0.139. The molecule has 0 saturated heterocycles. The molecule has 0 fully saturated rings. The quantitative estimate of drug-likeness (QED) is 0.0373. The van der Waals surface area contributed by atoms with Crippen molar-refractivity contribution < 1.29 is 18.3 Å². The Labute approximate surface area is 637 Å². The smallest absolute Gasteiger partial charge is 0.328 e. The van der Waals surface area contributed by atoms with E-state index < -0.39 is 13.7 Å². The van der Waals surface area contributed by atoms with Gasteiger partial charge in [0.15, 0.2) is 11.2 Å². The van der Waals surface area contributed by atoms with E-state index in [0.29, 0.717) is 92.4 Å². The molecule has 10 nitrogen and oxygen atoms in total. The van der Waals surface area contributed by atoms with E-state index in [1.807, 2.05) is 72.8 Å². The second kappa shape index (κ2) is 32.6. The Morgan fingerprint density at radius 3 is 1.21 bits per heavy atom. The maximum atomic E-state index is 12.7. The molecule has 0 aliphatic carbocycles. The number of aromatic nitrogens is 4. The van der Waals surface area contributed by atoms with E-state index in [9.17, 15) is 11.8 Å². The number of rotatable bonds is 27. The van der Waals surface area contributed by atoms with E-state index in [0.717, 1.165) is 101 Å². The minimum Gasteiger partial charge on any atom is -0.493 e. The highest BCUT2D eigenvalue weighted by molar-refractivity contribution is 6.85. The van der Waals surface area contributed by atoms with Gasteiger partial charge in [-0.3, -0.25) is 0 Å². The molecule has 0 bridgehead atoms. The highest BCUT2D eigenvalue weighted by atomic mass is 16.5. The van der Waals surface area contributed by atoms with Gasteiger partial charge in [-0.05, 0) is 180 Å². The Balaban J connectivity index is 1.22. The summed E-state index contributed by atoms with van der Waals surface area (Å²) in [6.45, 7) is 47.5. The fourth-order valence-electron chi connectivity index (χ4n) is 16.5. The summed E-state index contributed by atoms with van der Waals surface area (Å²) >= 11 is 0. The van der Waals surface area contributed by atoms with Gasteiger partial charge in [-0.25, -0.2) is 14.8 Å². The molecule has 0 aliphatic rings. The van der Waals surface area contributed by atoms with Crippen molar-refractivity contribution in [3.63, 3.8) is 0 Å². The summed E-state index contributed by atoms with van der Waals surface area (Å²) in [6.07, 6.45) is 7.68. The zero-order valence-corrected chi connectivity index (χ0v) is 66.1. The molecule has 12 aromatic rings. The average Bonchev–Trinajstić information content (AvgIpc) is 1.52. The second-order valence-electron chi connectivity index (χ2n) is 35.2. The minimum absolute atomic E-state index is 0.149. The van der Waals surface area contributed by atoms with Gasteiger partial charge in [-0.1, -0.05) is 285 Å². The van der Waals surface area contributed by atoms with Gasteiger partial charge in [-0.15, -0.1) is 0 Å². The third-order valence-corrected chi connectivity index (χ3v) is 21.9. The van der Waals surface area contributed by atoms with Gasteiger partial charge in [0.05, 0.1) is 30.5 Å². The zero-order valence-electron chi connectivity index (χ0n) is 66.1. The van der Waals surface area contributed by atoms with Crippen LogP contribution in [0.25, 0.3) is 71.6 Å². The van der Waals surface area contributed by atoms with Gasteiger partial charge in [0.2, 0.25) is 11.8 Å². The van der Waals surface area contributed by atoms with Crippen molar-refractivity contribution >= 4 is 79.8 Å². The third kappa shape index (κ3) is 18.0. The van der Waals surface area contributed by atoms with Crippen molar-refractivity contribution in [1.29, 1.82) is 5.26 Å². The predicted octanol–water partition coefficient (Wildman–Crippen LogP) is 20.6. The van der Waals surface area contributed by atoms with E-state index in [1.54, 1.807) is 0 Å². The van der Waals surface area contributed by atoms with Crippen LogP contribution in [-0.2, 0) is 0 Å². The number of nitrogens with zero attached hydrogens (tertiary/aromatic N) is 6. The summed E-state index contributed by atoms with van der Waals surface area (Å²) < 4.78 is 32.7. The van der Waals surface area contributed by atoms with Crippen molar-refractivity contribution in [2.75, 3.05) is 13.2 Å². The first-order valence-corrected chi connectivity index (χ1v) is 38.9. The summed E-state index contributed by atoms with van der Waals surface area (Å²) in [6, 6.07) is 77.3. The topological polar surface area (TPSA) is 109 Å². The normalized spacial score (nSPS) is 14.6. The Kier molecular flexibility index (Phi) is 23.3. The molecule has 0 saturated carbocycles. The summed E-state index contributed by atoms with van der Waals surface area (Å²) in [5.74, 6) is 4.40. The molecule has 548 valence electrons. The molecule has 4 aromatic heterocycles. The lowest BCUT2D eigenvalue weighted by Gasteiger charge is -2.33. The Morgan fingerprint density at radius 1 is 0.458 bits per heavy atom. The Morgan fingerprint density at radius 2 is 0.822 bits per heavy atom. The van der Waals surface area contributed by atoms with Crippen LogP contribution < -0.4 is 42.0 Å². The number of benzene rings is 8. The second-order valence-corrected chi connectivity index (χ2v) is 35.2. The van der Waals surface area contributed by atoms with E-state index in [2.05, 4.69) is 271 Å². The summed E-state index contributed by atoms with van der Waals surface area (Å²) in [5.41, 5.74) is 10.3. The van der Waals surface area contributed by atoms with E-state index in [1.165, 1.54) is 0 Å². The molecule has 0 amide bonds. The van der Waals surface area contributed by atoms with Crippen LogP contribution in [0.3, 0.4) is 0 Å². The molecule has 8 aromatic carbocycles. The molecule has 6 unspecified atom stereocenters. The van der Waals surface area contributed by atoms with Crippen LogP contribution in [0, 0.1) is 75.1 Å². The molecular weight excluding hydrogens is 1310 g/mol. The third-order valence-electron chi connectivity index (χ3n) is 21.9. The van der Waals surface area contributed by atoms with Crippen molar-refractivity contribution in [2.24, 2.45) is 57.2 Å². The largest absolute Gasteiger partial charge is 0.493 e. The van der Waals surface area contributed by atoms with Crippen molar-refractivity contribution in [1.82, 2.24) is 18.9 Å². The van der Waals surface area contributed by atoms with Crippen LogP contribution >= 0.6 is 0 Å². The number of nitriles is 1. The van der Waals surface area contributed by atoms with Gasteiger partial charge < -0.3 is 27.3 Å². The highest BCUT2D eigenvalue weighted by Gasteiger charge is 2.39. The molecule has 12 rings (SSSR count). The average molecular weight is 1420 g/mol. The standard InChI is InChI=1S/C95H108B2N6O4/c1-64(58-92(5,6)7)46-48-70(65(2)59-93(8,9)10)62-104-76-56-52-69(53-57-76)87-84-83(88(78(61-98)90-100-79-42-30-32-44-81(79)106-90)102(87)96(72-34-22-18-23-35-72)73-36-24-19-25-37-73)86(68-50-54-77(55-51-68)105-63-71(66(3)60-94(11,12)13)49-47-67(4)95(14,15)16)103(97(74-38-26-20-27-39-74)75-40-28-21-29-41-75)89(84)85(99-17)91-101-80-43-31-33-45-82(80)107-91/h18-45,50-57,64-67,70-71H,46-49,58-60,62-63H2,1-16H3/b88-78-,89-85+. The van der Waals surface area contributed by atoms with Crippen LogP contribution in [0.1, 0.15) is 168 Å².